The second kappa shape index (κ2) is 7.77. The van der Waals surface area contributed by atoms with Gasteiger partial charge in [0.05, 0.1) is 24.5 Å². The summed E-state index contributed by atoms with van der Waals surface area (Å²) in [6.07, 6.45) is 0. The van der Waals surface area contributed by atoms with Crippen molar-refractivity contribution in [1.82, 2.24) is 4.90 Å². The quantitative estimate of drug-likeness (QED) is 0.831. The Morgan fingerprint density at radius 3 is 2.89 bits per heavy atom. The topological polar surface area (TPSA) is 67.9 Å². The van der Waals surface area contributed by atoms with E-state index in [1.54, 1.807) is 4.90 Å². The maximum Gasteiger partial charge on any atom is 0.262 e. The summed E-state index contributed by atoms with van der Waals surface area (Å²) >= 11 is 6.09. The van der Waals surface area contributed by atoms with E-state index in [-0.39, 0.29) is 29.7 Å². The predicted molar refractivity (Wildman–Crippen MR) is 101 cm³/mol. The molecule has 1 saturated heterocycles. The minimum absolute atomic E-state index is 0.0833. The Kier molecular flexibility index (Phi) is 5.19. The smallest absolute Gasteiger partial charge is 0.262 e. The number of anilines is 1. The lowest BCUT2D eigenvalue weighted by atomic mass is 9.99. The number of carbonyl (C=O) groups is 2. The summed E-state index contributed by atoms with van der Waals surface area (Å²) in [5, 5.41) is 3.24. The molecule has 0 atom stereocenters. The van der Waals surface area contributed by atoms with Crippen molar-refractivity contribution >= 4 is 29.1 Å². The lowest BCUT2D eigenvalue weighted by Gasteiger charge is -2.39. The van der Waals surface area contributed by atoms with Gasteiger partial charge in [0.2, 0.25) is 0 Å². The van der Waals surface area contributed by atoms with Crippen LogP contribution in [-0.4, -0.2) is 43.0 Å². The fourth-order valence-electron chi connectivity index (χ4n) is 3.23. The summed E-state index contributed by atoms with van der Waals surface area (Å²) in [6, 6.07) is 9.93. The molecule has 1 fully saturated rings. The second-order valence-electron chi connectivity index (χ2n) is 6.85. The Bertz CT molecular complexity index is 930. The fraction of sp³-hybridized carbons (Fsp3) is 0.300. The van der Waals surface area contributed by atoms with E-state index >= 15 is 0 Å². The Labute approximate surface area is 166 Å². The van der Waals surface area contributed by atoms with E-state index in [2.05, 4.69) is 5.32 Å². The van der Waals surface area contributed by atoms with Crippen molar-refractivity contribution in [1.29, 1.82) is 0 Å². The average molecular weight is 405 g/mol. The van der Waals surface area contributed by atoms with Crippen molar-refractivity contribution in [2.24, 2.45) is 5.92 Å². The normalized spacial score (nSPS) is 16.1. The van der Waals surface area contributed by atoms with Crippen LogP contribution in [0.15, 0.2) is 36.4 Å². The van der Waals surface area contributed by atoms with E-state index in [9.17, 15) is 14.0 Å². The minimum Gasteiger partial charge on any atom is -0.481 e. The van der Waals surface area contributed by atoms with Gasteiger partial charge in [-0.1, -0.05) is 29.8 Å². The molecule has 0 spiro atoms. The number of amides is 2. The van der Waals surface area contributed by atoms with Crippen LogP contribution in [0, 0.1) is 11.7 Å². The first-order chi connectivity index (χ1) is 13.5. The Morgan fingerprint density at radius 2 is 2.11 bits per heavy atom. The highest BCUT2D eigenvalue weighted by Gasteiger charge is 2.33. The van der Waals surface area contributed by atoms with Crippen molar-refractivity contribution in [3.05, 3.63) is 58.4 Å². The van der Waals surface area contributed by atoms with Gasteiger partial charge in [-0.15, -0.1) is 0 Å². The number of likely N-dealkylation sites (tertiary alicyclic amines) is 1. The van der Waals surface area contributed by atoms with Gasteiger partial charge in [0.1, 0.15) is 11.6 Å². The SMILES string of the molecule is O=C1COc2cc(F)c(C(=O)N3CC(COCc4ccccc4Cl)C3)cc2N1. The molecule has 1 N–H and O–H groups in total. The highest BCUT2D eigenvalue weighted by Crippen LogP contribution is 2.32. The molecule has 0 aromatic heterocycles. The molecular weight excluding hydrogens is 387 g/mol. The van der Waals surface area contributed by atoms with Crippen molar-refractivity contribution in [2.45, 2.75) is 6.61 Å². The van der Waals surface area contributed by atoms with E-state index in [1.807, 2.05) is 24.3 Å². The lowest BCUT2D eigenvalue weighted by Crippen LogP contribution is -2.51. The number of halogens is 2. The third kappa shape index (κ3) is 3.81. The first-order valence-electron chi connectivity index (χ1n) is 8.88. The van der Waals surface area contributed by atoms with Crippen LogP contribution in [0.4, 0.5) is 10.1 Å². The molecule has 2 heterocycles. The number of rotatable bonds is 5. The summed E-state index contributed by atoms with van der Waals surface area (Å²) in [5.41, 5.74) is 1.14. The summed E-state index contributed by atoms with van der Waals surface area (Å²) in [6.45, 7) is 1.71. The Hall–Kier alpha value is -2.64. The van der Waals surface area contributed by atoms with Crippen LogP contribution < -0.4 is 10.1 Å². The molecule has 2 aromatic carbocycles. The highest BCUT2D eigenvalue weighted by molar-refractivity contribution is 6.31. The molecule has 0 bridgehead atoms. The van der Waals surface area contributed by atoms with Gasteiger partial charge < -0.3 is 19.7 Å². The van der Waals surface area contributed by atoms with E-state index in [4.69, 9.17) is 21.1 Å². The highest BCUT2D eigenvalue weighted by atomic mass is 35.5. The van der Waals surface area contributed by atoms with Gasteiger partial charge in [-0.3, -0.25) is 9.59 Å². The third-order valence-corrected chi connectivity index (χ3v) is 5.11. The van der Waals surface area contributed by atoms with Gasteiger partial charge in [-0.25, -0.2) is 4.39 Å². The zero-order valence-corrected chi connectivity index (χ0v) is 15.7. The molecule has 0 saturated carbocycles. The standard InChI is InChI=1S/C20H18ClFN2O4/c21-15-4-2-1-3-13(15)10-27-9-12-7-24(8-12)20(26)14-5-17-18(6-16(14)22)28-11-19(25)23-17/h1-6,12H,7-11H2,(H,23,25). The summed E-state index contributed by atoms with van der Waals surface area (Å²) in [5.74, 6) is -1.00. The number of hydrogen-bond donors (Lipinski definition) is 1. The predicted octanol–water partition coefficient (Wildman–Crippen LogP) is 3.10. The molecule has 0 radical (unpaired) electrons. The van der Waals surface area contributed by atoms with Crippen LogP contribution in [0.1, 0.15) is 15.9 Å². The maximum absolute atomic E-state index is 14.3. The number of fused-ring (bicyclic) bond motifs is 1. The van der Waals surface area contributed by atoms with Gasteiger partial charge in [0.25, 0.3) is 11.8 Å². The molecular formula is C20H18ClFN2O4. The monoisotopic (exact) mass is 404 g/mol. The van der Waals surface area contributed by atoms with Crippen LogP contribution in [-0.2, 0) is 16.1 Å². The molecule has 0 aliphatic carbocycles. The number of nitrogens with one attached hydrogen (secondary N) is 1. The second-order valence-corrected chi connectivity index (χ2v) is 7.25. The molecule has 146 valence electrons. The molecule has 2 aliphatic heterocycles. The van der Waals surface area contributed by atoms with Crippen LogP contribution in [0.2, 0.25) is 5.02 Å². The summed E-state index contributed by atoms with van der Waals surface area (Å²) < 4.78 is 25.1. The van der Waals surface area contributed by atoms with Crippen molar-refractivity contribution in [2.75, 3.05) is 31.6 Å². The van der Waals surface area contributed by atoms with E-state index < -0.39 is 11.7 Å². The third-order valence-electron chi connectivity index (χ3n) is 4.75. The number of hydrogen-bond acceptors (Lipinski definition) is 4. The van der Waals surface area contributed by atoms with E-state index in [0.29, 0.717) is 37.0 Å². The van der Waals surface area contributed by atoms with Gasteiger partial charge >= 0.3 is 0 Å². The van der Waals surface area contributed by atoms with Gasteiger partial charge in [0.15, 0.2) is 6.61 Å². The van der Waals surface area contributed by atoms with Gasteiger partial charge in [-0.05, 0) is 17.7 Å². The minimum atomic E-state index is -0.668. The van der Waals surface area contributed by atoms with Crippen molar-refractivity contribution < 1.29 is 23.5 Å². The first-order valence-corrected chi connectivity index (χ1v) is 9.25. The van der Waals surface area contributed by atoms with Crippen LogP contribution in [0.3, 0.4) is 0 Å². The zero-order chi connectivity index (χ0) is 19.7. The fourth-order valence-corrected chi connectivity index (χ4v) is 3.42. The number of carbonyl (C=O) groups excluding carboxylic acids is 2. The molecule has 2 aliphatic rings. The molecule has 6 nitrogen and oxygen atoms in total. The number of benzene rings is 2. The largest absolute Gasteiger partial charge is 0.481 e. The molecule has 0 unspecified atom stereocenters. The molecule has 2 aromatic rings. The molecule has 28 heavy (non-hydrogen) atoms. The molecule has 4 rings (SSSR count). The summed E-state index contributed by atoms with van der Waals surface area (Å²) in [4.78, 5) is 25.5. The first kappa shape index (κ1) is 18.7. The summed E-state index contributed by atoms with van der Waals surface area (Å²) in [7, 11) is 0. The Balaban J connectivity index is 1.31. The average Bonchev–Trinajstić information content (AvgIpc) is 2.64. The maximum atomic E-state index is 14.3. The Morgan fingerprint density at radius 1 is 1.32 bits per heavy atom. The van der Waals surface area contributed by atoms with Crippen LogP contribution >= 0.6 is 11.6 Å². The van der Waals surface area contributed by atoms with Crippen LogP contribution in [0.5, 0.6) is 5.75 Å². The van der Waals surface area contributed by atoms with E-state index in [1.165, 1.54) is 6.07 Å². The van der Waals surface area contributed by atoms with E-state index in [0.717, 1.165) is 11.6 Å². The lowest BCUT2D eigenvalue weighted by molar-refractivity contribution is -0.118. The molecule has 2 amide bonds. The van der Waals surface area contributed by atoms with Crippen molar-refractivity contribution in [3.63, 3.8) is 0 Å². The number of ether oxygens (including phenoxy) is 2. The zero-order valence-electron chi connectivity index (χ0n) is 14.9. The number of nitrogens with zero attached hydrogens (tertiary/aromatic N) is 1. The van der Waals surface area contributed by atoms with Crippen molar-refractivity contribution in [3.8, 4) is 5.75 Å². The van der Waals surface area contributed by atoms with Crippen LogP contribution in [0.25, 0.3) is 0 Å². The van der Waals surface area contributed by atoms with Gasteiger partial charge in [0, 0.05) is 30.1 Å². The van der Waals surface area contributed by atoms with Gasteiger partial charge in [-0.2, -0.15) is 0 Å². The molecule has 8 heteroatoms.